The summed E-state index contributed by atoms with van der Waals surface area (Å²) in [7, 11) is 1.91. The van der Waals surface area contributed by atoms with Crippen LogP contribution in [0.15, 0.2) is 29.2 Å². The number of benzene rings is 1. The van der Waals surface area contributed by atoms with Gasteiger partial charge in [-0.25, -0.2) is 0 Å². The molecule has 1 aromatic carbocycles. The van der Waals surface area contributed by atoms with Gasteiger partial charge in [-0.3, -0.25) is 9.59 Å². The number of fused-ring (bicyclic) bond motifs is 1. The number of amides is 2. The number of carbonyl (C=O) groups excluding carboxylic acids is 2. The molecule has 2 amide bonds. The molecule has 22 heavy (non-hydrogen) atoms. The molecule has 0 aliphatic carbocycles. The van der Waals surface area contributed by atoms with Gasteiger partial charge in [0.15, 0.2) is 0 Å². The standard InChI is InChI=1S/C16H21N3O2S/c1-17-9-12-5-4-8-18(12)15(20)10-19-13-6-2-3-7-14(13)22-11-16(19)21/h2-3,6-7,12,17H,4-5,8-11H2,1H3. The number of anilines is 1. The summed E-state index contributed by atoms with van der Waals surface area (Å²) < 4.78 is 0. The number of rotatable bonds is 4. The Bertz CT molecular complexity index is 578. The monoisotopic (exact) mass is 319 g/mol. The second kappa shape index (κ2) is 6.71. The average Bonchev–Trinajstić information content (AvgIpc) is 2.99. The zero-order valence-electron chi connectivity index (χ0n) is 12.7. The van der Waals surface area contributed by atoms with Crippen LogP contribution >= 0.6 is 11.8 Å². The zero-order chi connectivity index (χ0) is 15.5. The van der Waals surface area contributed by atoms with Crippen LogP contribution in [-0.2, 0) is 9.59 Å². The summed E-state index contributed by atoms with van der Waals surface area (Å²) in [5, 5.41) is 3.14. The van der Waals surface area contributed by atoms with Crippen molar-refractivity contribution in [2.45, 2.75) is 23.8 Å². The summed E-state index contributed by atoms with van der Waals surface area (Å²) in [6, 6.07) is 8.05. The van der Waals surface area contributed by atoms with Crippen LogP contribution in [0.3, 0.4) is 0 Å². The first-order valence-corrected chi connectivity index (χ1v) is 8.65. The first-order valence-electron chi connectivity index (χ1n) is 7.67. The van der Waals surface area contributed by atoms with Gasteiger partial charge in [-0.2, -0.15) is 0 Å². The van der Waals surface area contributed by atoms with E-state index in [0.717, 1.165) is 36.5 Å². The van der Waals surface area contributed by atoms with E-state index in [1.54, 1.807) is 16.7 Å². The van der Waals surface area contributed by atoms with E-state index in [2.05, 4.69) is 5.32 Å². The maximum Gasteiger partial charge on any atom is 0.242 e. The molecule has 1 aromatic rings. The number of nitrogens with one attached hydrogen (secondary N) is 1. The van der Waals surface area contributed by atoms with Crippen molar-refractivity contribution >= 4 is 29.3 Å². The first-order chi connectivity index (χ1) is 10.7. The number of likely N-dealkylation sites (tertiary alicyclic amines) is 1. The maximum atomic E-state index is 12.7. The molecular formula is C16H21N3O2S. The van der Waals surface area contributed by atoms with Crippen LogP contribution < -0.4 is 10.2 Å². The van der Waals surface area contributed by atoms with E-state index in [9.17, 15) is 9.59 Å². The van der Waals surface area contributed by atoms with Gasteiger partial charge in [-0.05, 0) is 32.0 Å². The zero-order valence-corrected chi connectivity index (χ0v) is 13.6. The molecule has 0 bridgehead atoms. The average molecular weight is 319 g/mol. The van der Waals surface area contributed by atoms with E-state index >= 15 is 0 Å². The van der Waals surface area contributed by atoms with Gasteiger partial charge in [0.1, 0.15) is 6.54 Å². The Morgan fingerprint density at radius 2 is 2.23 bits per heavy atom. The van der Waals surface area contributed by atoms with Crippen molar-refractivity contribution in [2.24, 2.45) is 0 Å². The second-order valence-electron chi connectivity index (χ2n) is 5.68. The lowest BCUT2D eigenvalue weighted by Crippen LogP contribution is -2.48. The van der Waals surface area contributed by atoms with E-state index < -0.39 is 0 Å². The van der Waals surface area contributed by atoms with Gasteiger partial charge in [0.05, 0.1) is 11.4 Å². The van der Waals surface area contributed by atoms with E-state index in [-0.39, 0.29) is 24.4 Å². The van der Waals surface area contributed by atoms with Gasteiger partial charge in [0, 0.05) is 24.0 Å². The van der Waals surface area contributed by atoms with Crippen molar-refractivity contribution < 1.29 is 9.59 Å². The molecule has 2 aliphatic rings. The molecule has 118 valence electrons. The highest BCUT2D eigenvalue weighted by atomic mass is 32.2. The van der Waals surface area contributed by atoms with Crippen molar-refractivity contribution in [1.82, 2.24) is 10.2 Å². The van der Waals surface area contributed by atoms with Crippen molar-refractivity contribution in [3.63, 3.8) is 0 Å². The van der Waals surface area contributed by atoms with Crippen LogP contribution in [0.1, 0.15) is 12.8 Å². The number of thioether (sulfide) groups is 1. The third-order valence-corrected chi connectivity index (χ3v) is 5.29. The Kier molecular flexibility index (Phi) is 4.69. The fourth-order valence-corrected chi connectivity index (χ4v) is 4.10. The minimum Gasteiger partial charge on any atom is -0.337 e. The second-order valence-corrected chi connectivity index (χ2v) is 6.69. The Morgan fingerprint density at radius 1 is 1.41 bits per heavy atom. The van der Waals surface area contributed by atoms with E-state index in [1.165, 1.54) is 0 Å². The first kappa shape index (κ1) is 15.4. The molecule has 1 fully saturated rings. The Balaban J connectivity index is 1.75. The third kappa shape index (κ3) is 2.98. The fraction of sp³-hybridized carbons (Fsp3) is 0.500. The molecule has 5 nitrogen and oxygen atoms in total. The molecule has 1 N–H and O–H groups in total. The number of hydrogen-bond donors (Lipinski definition) is 1. The largest absolute Gasteiger partial charge is 0.337 e. The fourth-order valence-electron chi connectivity index (χ4n) is 3.17. The molecule has 0 aromatic heterocycles. The minimum absolute atomic E-state index is 0.0152. The summed E-state index contributed by atoms with van der Waals surface area (Å²) in [6.45, 7) is 1.76. The van der Waals surface area contributed by atoms with Gasteiger partial charge in [0.2, 0.25) is 11.8 Å². The van der Waals surface area contributed by atoms with Crippen LogP contribution in [0.2, 0.25) is 0 Å². The van der Waals surface area contributed by atoms with Crippen molar-refractivity contribution in [2.75, 3.05) is 37.3 Å². The molecule has 6 heteroatoms. The molecule has 1 unspecified atom stereocenters. The lowest BCUT2D eigenvalue weighted by molar-refractivity contribution is -0.131. The van der Waals surface area contributed by atoms with Crippen LogP contribution in [-0.4, -0.2) is 55.2 Å². The lowest BCUT2D eigenvalue weighted by Gasteiger charge is -2.31. The predicted molar refractivity (Wildman–Crippen MR) is 88.2 cm³/mol. The molecule has 0 radical (unpaired) electrons. The number of para-hydroxylation sites is 1. The van der Waals surface area contributed by atoms with Gasteiger partial charge in [-0.15, -0.1) is 11.8 Å². The quantitative estimate of drug-likeness (QED) is 0.910. The number of carbonyl (C=O) groups is 2. The molecule has 3 rings (SSSR count). The highest BCUT2D eigenvalue weighted by Gasteiger charge is 2.32. The molecule has 1 atom stereocenters. The summed E-state index contributed by atoms with van der Waals surface area (Å²) in [5.74, 6) is 0.471. The normalized spacial score (nSPS) is 21.1. The molecule has 2 heterocycles. The lowest BCUT2D eigenvalue weighted by atomic mass is 10.2. The Morgan fingerprint density at radius 3 is 3.05 bits per heavy atom. The molecule has 2 aliphatic heterocycles. The van der Waals surface area contributed by atoms with Gasteiger partial charge in [-0.1, -0.05) is 12.1 Å². The van der Waals surface area contributed by atoms with Crippen LogP contribution in [0.5, 0.6) is 0 Å². The number of nitrogens with zero attached hydrogens (tertiary/aromatic N) is 2. The van der Waals surface area contributed by atoms with Crippen molar-refractivity contribution in [1.29, 1.82) is 0 Å². The third-order valence-electron chi connectivity index (χ3n) is 4.24. The van der Waals surface area contributed by atoms with E-state index in [4.69, 9.17) is 0 Å². The molecule has 0 saturated carbocycles. The van der Waals surface area contributed by atoms with Crippen LogP contribution in [0.25, 0.3) is 0 Å². The van der Waals surface area contributed by atoms with Crippen molar-refractivity contribution in [3.8, 4) is 0 Å². The van der Waals surface area contributed by atoms with E-state index in [0.29, 0.717) is 5.75 Å². The molecular weight excluding hydrogens is 298 g/mol. The predicted octanol–water partition coefficient (Wildman–Crippen LogP) is 1.34. The minimum atomic E-state index is 0.0152. The summed E-state index contributed by atoms with van der Waals surface area (Å²) in [4.78, 5) is 29.5. The topological polar surface area (TPSA) is 52.7 Å². The van der Waals surface area contributed by atoms with Gasteiger partial charge < -0.3 is 15.1 Å². The van der Waals surface area contributed by atoms with Gasteiger partial charge in [0.25, 0.3) is 0 Å². The van der Waals surface area contributed by atoms with Gasteiger partial charge >= 0.3 is 0 Å². The summed E-state index contributed by atoms with van der Waals surface area (Å²) >= 11 is 1.54. The summed E-state index contributed by atoms with van der Waals surface area (Å²) in [6.07, 6.45) is 2.07. The number of likely N-dealkylation sites (N-methyl/N-ethyl adjacent to an activating group) is 1. The molecule has 1 saturated heterocycles. The highest BCUT2D eigenvalue weighted by Crippen LogP contribution is 2.35. The Hall–Kier alpha value is -1.53. The SMILES string of the molecule is CNCC1CCCN1C(=O)CN1C(=O)CSc2ccccc21. The van der Waals surface area contributed by atoms with Crippen LogP contribution in [0.4, 0.5) is 5.69 Å². The maximum absolute atomic E-state index is 12.7. The van der Waals surface area contributed by atoms with E-state index in [1.807, 2.05) is 36.2 Å². The highest BCUT2D eigenvalue weighted by molar-refractivity contribution is 8.00. The van der Waals surface area contributed by atoms with Crippen LogP contribution in [0, 0.1) is 0 Å². The number of hydrogen-bond acceptors (Lipinski definition) is 4. The van der Waals surface area contributed by atoms with Crippen molar-refractivity contribution in [3.05, 3.63) is 24.3 Å². The summed E-state index contributed by atoms with van der Waals surface area (Å²) in [5.41, 5.74) is 0.862. The molecule has 0 spiro atoms. The smallest absolute Gasteiger partial charge is 0.242 e. The Labute approximate surface area is 135 Å².